The number of hydrogen-bond acceptors (Lipinski definition) is 6. The van der Waals surface area contributed by atoms with E-state index in [1.54, 1.807) is 10.7 Å². The van der Waals surface area contributed by atoms with Crippen molar-refractivity contribution in [2.24, 2.45) is 0 Å². The third kappa shape index (κ3) is 4.38. The van der Waals surface area contributed by atoms with Crippen LogP contribution in [0.1, 0.15) is 5.56 Å². The van der Waals surface area contributed by atoms with Crippen LogP contribution in [-0.2, 0) is 17.9 Å². The van der Waals surface area contributed by atoms with Gasteiger partial charge in [-0.2, -0.15) is 5.10 Å². The molecule has 0 aliphatic carbocycles. The van der Waals surface area contributed by atoms with Gasteiger partial charge in [0.1, 0.15) is 25.3 Å². The van der Waals surface area contributed by atoms with E-state index in [4.69, 9.17) is 11.6 Å². The summed E-state index contributed by atoms with van der Waals surface area (Å²) in [5, 5.41) is 21.6. The summed E-state index contributed by atoms with van der Waals surface area (Å²) in [5.41, 5.74) is 0.760. The lowest BCUT2D eigenvalue weighted by Crippen LogP contribution is -2.20. The lowest BCUT2D eigenvalue weighted by Gasteiger charge is -2.02. The highest BCUT2D eigenvalue weighted by Crippen LogP contribution is 2.12. The van der Waals surface area contributed by atoms with Gasteiger partial charge >= 0.3 is 5.69 Å². The molecule has 25 heavy (non-hydrogen) atoms. The molecule has 0 aliphatic heterocycles. The second-order valence-electron chi connectivity index (χ2n) is 5.10. The van der Waals surface area contributed by atoms with Crippen LogP contribution in [-0.4, -0.2) is 35.4 Å². The summed E-state index contributed by atoms with van der Waals surface area (Å²) < 4.78 is 2.72. The van der Waals surface area contributed by atoms with Crippen LogP contribution in [0.4, 0.5) is 11.6 Å². The monoisotopic (exact) mass is 361 g/mol. The van der Waals surface area contributed by atoms with Crippen molar-refractivity contribution in [3.63, 3.8) is 0 Å². The quantitative estimate of drug-likeness (QED) is 0.527. The van der Waals surface area contributed by atoms with E-state index in [0.29, 0.717) is 11.6 Å². The first-order valence-electron chi connectivity index (χ1n) is 7.10. The van der Waals surface area contributed by atoms with E-state index in [9.17, 15) is 14.9 Å². The largest absolute Gasteiger partial charge is 0.307 e. The summed E-state index contributed by atoms with van der Waals surface area (Å²) in [4.78, 5) is 25.9. The maximum atomic E-state index is 11.9. The molecule has 0 bridgehead atoms. The van der Waals surface area contributed by atoms with Gasteiger partial charge in [0.05, 0.1) is 11.5 Å². The Balaban J connectivity index is 1.58. The van der Waals surface area contributed by atoms with Crippen LogP contribution >= 0.6 is 11.6 Å². The number of carbonyl (C=O) groups excluding carboxylic acids is 1. The van der Waals surface area contributed by atoms with Gasteiger partial charge in [-0.3, -0.25) is 24.9 Å². The van der Waals surface area contributed by atoms with Gasteiger partial charge in [0.15, 0.2) is 0 Å². The average Bonchev–Trinajstić information content (AvgIpc) is 3.17. The molecule has 0 atom stereocenters. The van der Waals surface area contributed by atoms with Crippen LogP contribution in [0, 0.1) is 10.1 Å². The third-order valence-electron chi connectivity index (χ3n) is 3.16. The van der Waals surface area contributed by atoms with Gasteiger partial charge in [0, 0.05) is 5.02 Å². The number of nitro groups is 1. The zero-order valence-electron chi connectivity index (χ0n) is 12.7. The van der Waals surface area contributed by atoms with Crippen LogP contribution in [0.2, 0.25) is 5.02 Å². The zero-order valence-corrected chi connectivity index (χ0v) is 13.5. The molecule has 3 rings (SSSR count). The number of amides is 1. The van der Waals surface area contributed by atoms with Crippen molar-refractivity contribution in [3.05, 3.63) is 63.7 Å². The predicted octanol–water partition coefficient (Wildman–Crippen LogP) is 1.72. The van der Waals surface area contributed by atoms with E-state index in [0.717, 1.165) is 16.4 Å². The summed E-state index contributed by atoms with van der Waals surface area (Å²) >= 11 is 5.93. The summed E-state index contributed by atoms with van der Waals surface area (Å²) in [6.07, 6.45) is 3.73. The Hall–Kier alpha value is -3.27. The zero-order chi connectivity index (χ0) is 17.8. The molecule has 2 heterocycles. The standard InChI is InChI=1S/C14H12ClN7O3/c15-11-3-1-2-10(4-11)6-21-9-16-14(19-21)18-13(23)8-20-7-12(5-17-20)22(24)25/h1-5,7,9H,6,8H2,(H,18,19,23). The maximum Gasteiger partial charge on any atom is 0.307 e. The Kier molecular flexibility index (Phi) is 4.70. The highest BCUT2D eigenvalue weighted by molar-refractivity contribution is 6.30. The van der Waals surface area contributed by atoms with E-state index in [1.807, 2.05) is 18.2 Å². The molecule has 1 aromatic carbocycles. The molecule has 1 N–H and O–H groups in total. The van der Waals surface area contributed by atoms with Crippen molar-refractivity contribution in [2.45, 2.75) is 13.1 Å². The fourth-order valence-electron chi connectivity index (χ4n) is 2.10. The SMILES string of the molecule is O=C(Cn1cc([N+](=O)[O-])cn1)Nc1ncn(Cc2cccc(Cl)c2)n1. The minimum Gasteiger partial charge on any atom is -0.292 e. The fourth-order valence-corrected chi connectivity index (χ4v) is 2.31. The molecule has 2 aromatic heterocycles. The molecule has 128 valence electrons. The topological polar surface area (TPSA) is 121 Å². The summed E-state index contributed by atoms with van der Waals surface area (Å²) in [6, 6.07) is 7.32. The van der Waals surface area contributed by atoms with E-state index in [1.165, 1.54) is 12.5 Å². The van der Waals surface area contributed by atoms with Gasteiger partial charge in [0.25, 0.3) is 0 Å². The van der Waals surface area contributed by atoms with Gasteiger partial charge in [0.2, 0.25) is 11.9 Å². The average molecular weight is 362 g/mol. The lowest BCUT2D eigenvalue weighted by molar-refractivity contribution is -0.385. The number of aromatic nitrogens is 5. The fraction of sp³-hybridized carbons (Fsp3) is 0.143. The molecule has 1 amide bonds. The van der Waals surface area contributed by atoms with Crippen LogP contribution in [0.3, 0.4) is 0 Å². The normalized spacial score (nSPS) is 10.6. The highest BCUT2D eigenvalue weighted by Gasteiger charge is 2.12. The maximum absolute atomic E-state index is 11.9. The highest BCUT2D eigenvalue weighted by atomic mass is 35.5. The third-order valence-corrected chi connectivity index (χ3v) is 3.39. The first-order chi connectivity index (χ1) is 12.0. The predicted molar refractivity (Wildman–Crippen MR) is 88.1 cm³/mol. The summed E-state index contributed by atoms with van der Waals surface area (Å²) in [6.45, 7) is 0.269. The molecule has 0 saturated carbocycles. The first kappa shape index (κ1) is 16.6. The van der Waals surface area contributed by atoms with E-state index in [2.05, 4.69) is 20.5 Å². The molecule has 0 saturated heterocycles. The van der Waals surface area contributed by atoms with Crippen molar-refractivity contribution >= 4 is 29.1 Å². The van der Waals surface area contributed by atoms with Crippen LogP contribution < -0.4 is 5.32 Å². The number of hydrogen-bond donors (Lipinski definition) is 1. The van der Waals surface area contributed by atoms with Crippen LogP contribution in [0.25, 0.3) is 0 Å². The van der Waals surface area contributed by atoms with Crippen molar-refractivity contribution in [2.75, 3.05) is 5.32 Å². The van der Waals surface area contributed by atoms with Crippen molar-refractivity contribution in [3.8, 4) is 0 Å². The van der Waals surface area contributed by atoms with Gasteiger partial charge in [-0.05, 0) is 17.7 Å². The molecule has 0 radical (unpaired) electrons. The van der Waals surface area contributed by atoms with E-state index in [-0.39, 0.29) is 18.2 Å². The number of carbonyl (C=O) groups is 1. The lowest BCUT2D eigenvalue weighted by atomic mass is 10.2. The molecule has 3 aromatic rings. The van der Waals surface area contributed by atoms with Gasteiger partial charge in [-0.1, -0.05) is 23.7 Å². The first-order valence-corrected chi connectivity index (χ1v) is 7.48. The smallest absolute Gasteiger partial charge is 0.292 e. The van der Waals surface area contributed by atoms with Gasteiger partial charge in [-0.25, -0.2) is 9.67 Å². The second kappa shape index (κ2) is 7.09. The Morgan fingerprint density at radius 1 is 1.36 bits per heavy atom. The molecule has 10 nitrogen and oxygen atoms in total. The van der Waals surface area contributed by atoms with Crippen LogP contribution in [0.15, 0.2) is 43.0 Å². The Morgan fingerprint density at radius 2 is 2.20 bits per heavy atom. The Morgan fingerprint density at radius 3 is 2.92 bits per heavy atom. The molecular formula is C14H12ClN7O3. The van der Waals surface area contributed by atoms with Crippen molar-refractivity contribution < 1.29 is 9.72 Å². The van der Waals surface area contributed by atoms with Gasteiger partial charge in [-0.15, -0.1) is 5.10 Å². The molecule has 0 fully saturated rings. The van der Waals surface area contributed by atoms with E-state index >= 15 is 0 Å². The number of benzene rings is 1. The molecule has 0 unspecified atom stereocenters. The minimum atomic E-state index is -0.583. The molecule has 0 aliphatic rings. The minimum absolute atomic E-state index is 0.133. The number of rotatable bonds is 6. The van der Waals surface area contributed by atoms with Crippen LogP contribution in [0.5, 0.6) is 0 Å². The number of nitrogens with one attached hydrogen (secondary N) is 1. The molecule has 0 spiro atoms. The number of nitrogens with zero attached hydrogens (tertiary/aromatic N) is 6. The second-order valence-corrected chi connectivity index (χ2v) is 5.53. The molecule has 11 heteroatoms. The molecular weight excluding hydrogens is 350 g/mol. The number of halogens is 1. The number of anilines is 1. The summed E-state index contributed by atoms with van der Waals surface area (Å²) in [5.74, 6) is -0.313. The Bertz CT molecular complexity index is 921. The van der Waals surface area contributed by atoms with Crippen molar-refractivity contribution in [1.82, 2.24) is 24.5 Å². The van der Waals surface area contributed by atoms with Gasteiger partial charge < -0.3 is 0 Å². The Labute approximate surface area is 146 Å². The summed E-state index contributed by atoms with van der Waals surface area (Å²) in [7, 11) is 0. The van der Waals surface area contributed by atoms with E-state index < -0.39 is 10.8 Å². The van der Waals surface area contributed by atoms with Crippen molar-refractivity contribution in [1.29, 1.82) is 0 Å².